The second kappa shape index (κ2) is 4.48. The van der Waals surface area contributed by atoms with Gasteiger partial charge in [-0.05, 0) is 6.92 Å². The van der Waals surface area contributed by atoms with Crippen LogP contribution in [-0.2, 0) is 9.59 Å². The van der Waals surface area contributed by atoms with Gasteiger partial charge in [0, 0.05) is 12.5 Å². The maximum absolute atomic E-state index is 11.0. The maximum Gasteiger partial charge on any atom is 0.227 e. The lowest BCUT2D eigenvalue weighted by molar-refractivity contribution is -0.123. The van der Waals surface area contributed by atoms with Crippen molar-refractivity contribution in [1.82, 2.24) is 10.6 Å². The van der Waals surface area contributed by atoms with Crippen molar-refractivity contribution in [3.8, 4) is 0 Å². The number of carbonyl (C=O) groups is 2. The molecule has 0 saturated carbocycles. The predicted molar refractivity (Wildman–Crippen MR) is 50.8 cm³/mol. The van der Waals surface area contributed by atoms with Gasteiger partial charge in [0.15, 0.2) is 0 Å². The Morgan fingerprint density at radius 1 is 1.77 bits per heavy atom. The molecule has 0 spiro atoms. The zero-order valence-corrected chi connectivity index (χ0v) is 8.19. The van der Waals surface area contributed by atoms with Gasteiger partial charge in [-0.2, -0.15) is 0 Å². The Morgan fingerprint density at radius 2 is 2.46 bits per heavy atom. The second-order valence-corrected chi connectivity index (χ2v) is 4.09. The van der Waals surface area contributed by atoms with Gasteiger partial charge in [0.1, 0.15) is 5.50 Å². The quantitative estimate of drug-likeness (QED) is 0.548. The Bertz CT molecular complexity index is 222. The summed E-state index contributed by atoms with van der Waals surface area (Å²) in [6, 6.07) is 0.152. The van der Waals surface area contributed by atoms with E-state index in [4.69, 9.17) is 5.73 Å². The van der Waals surface area contributed by atoms with Crippen molar-refractivity contribution < 1.29 is 9.59 Å². The molecule has 1 aliphatic rings. The summed E-state index contributed by atoms with van der Waals surface area (Å²) in [5.74, 6) is -0.155. The fraction of sp³-hybridized carbons (Fsp3) is 0.714. The van der Waals surface area contributed by atoms with Crippen molar-refractivity contribution in [1.29, 1.82) is 0 Å². The van der Waals surface area contributed by atoms with E-state index in [0.717, 1.165) is 0 Å². The summed E-state index contributed by atoms with van der Waals surface area (Å²) in [5.41, 5.74) is 4.79. The molecule has 74 valence electrons. The minimum Gasteiger partial charge on any atom is -0.369 e. The van der Waals surface area contributed by atoms with E-state index >= 15 is 0 Å². The molecule has 0 aromatic heterocycles. The van der Waals surface area contributed by atoms with Crippen LogP contribution in [0.5, 0.6) is 0 Å². The van der Waals surface area contributed by atoms with Crippen LogP contribution in [0.25, 0.3) is 0 Å². The first kappa shape index (κ1) is 10.3. The summed E-state index contributed by atoms with van der Waals surface area (Å²) in [6.45, 7) is 1.93. The summed E-state index contributed by atoms with van der Waals surface area (Å²) in [6.07, 6.45) is 0.480. The highest BCUT2D eigenvalue weighted by molar-refractivity contribution is 8.00. The van der Waals surface area contributed by atoms with Gasteiger partial charge in [-0.1, -0.05) is 0 Å². The van der Waals surface area contributed by atoms with Crippen LogP contribution in [0.3, 0.4) is 0 Å². The molecule has 6 heteroatoms. The minimum absolute atomic E-state index is 0.00761. The molecule has 1 aliphatic heterocycles. The Morgan fingerprint density at radius 3 is 3.00 bits per heavy atom. The zero-order valence-electron chi connectivity index (χ0n) is 7.37. The molecular formula is C7H13N3O2S. The van der Waals surface area contributed by atoms with Gasteiger partial charge in [0.2, 0.25) is 11.8 Å². The van der Waals surface area contributed by atoms with Crippen LogP contribution < -0.4 is 16.4 Å². The average Bonchev–Trinajstić information content (AvgIpc) is 1.99. The van der Waals surface area contributed by atoms with Crippen molar-refractivity contribution in [2.45, 2.75) is 24.9 Å². The first-order valence-electron chi connectivity index (χ1n) is 4.03. The van der Waals surface area contributed by atoms with Crippen LogP contribution in [0.15, 0.2) is 0 Å². The van der Waals surface area contributed by atoms with Gasteiger partial charge in [-0.3, -0.25) is 14.9 Å². The van der Waals surface area contributed by atoms with E-state index in [0.29, 0.717) is 6.42 Å². The number of carbonyl (C=O) groups excluding carboxylic acids is 2. The highest BCUT2D eigenvalue weighted by atomic mass is 32.2. The number of hydrogen-bond donors (Lipinski definition) is 3. The van der Waals surface area contributed by atoms with Gasteiger partial charge < -0.3 is 11.1 Å². The lowest BCUT2D eigenvalue weighted by Crippen LogP contribution is -2.53. The van der Waals surface area contributed by atoms with E-state index in [-0.39, 0.29) is 29.1 Å². The Labute approximate surface area is 80.8 Å². The second-order valence-electron chi connectivity index (χ2n) is 3.00. The van der Waals surface area contributed by atoms with Crippen LogP contribution in [0, 0.1) is 0 Å². The summed E-state index contributed by atoms with van der Waals surface area (Å²) < 4.78 is 0. The normalized spacial score (nSPS) is 28.2. The zero-order chi connectivity index (χ0) is 9.84. The first-order valence-corrected chi connectivity index (χ1v) is 5.08. The molecule has 2 atom stereocenters. The topological polar surface area (TPSA) is 84.2 Å². The third-order valence-electron chi connectivity index (χ3n) is 1.61. The van der Waals surface area contributed by atoms with E-state index < -0.39 is 0 Å². The molecule has 13 heavy (non-hydrogen) atoms. The fourth-order valence-electron chi connectivity index (χ4n) is 1.10. The van der Waals surface area contributed by atoms with Gasteiger partial charge >= 0.3 is 0 Å². The molecular weight excluding hydrogens is 190 g/mol. The van der Waals surface area contributed by atoms with Crippen LogP contribution in [-0.4, -0.2) is 29.1 Å². The number of nitrogens with one attached hydrogen (secondary N) is 2. The van der Waals surface area contributed by atoms with Crippen LogP contribution in [0.2, 0.25) is 0 Å². The smallest absolute Gasteiger partial charge is 0.227 e. The minimum atomic E-state index is -0.376. The molecule has 4 N–H and O–H groups in total. The average molecular weight is 203 g/mol. The summed E-state index contributed by atoms with van der Waals surface area (Å²) in [7, 11) is 0. The predicted octanol–water partition coefficient (Wildman–Crippen LogP) is -1.01. The van der Waals surface area contributed by atoms with E-state index in [1.165, 1.54) is 11.8 Å². The van der Waals surface area contributed by atoms with Gasteiger partial charge in [-0.15, -0.1) is 11.8 Å². The largest absolute Gasteiger partial charge is 0.369 e. The van der Waals surface area contributed by atoms with E-state index in [9.17, 15) is 9.59 Å². The molecule has 1 fully saturated rings. The van der Waals surface area contributed by atoms with Gasteiger partial charge in [0.05, 0.1) is 5.75 Å². The van der Waals surface area contributed by atoms with E-state index in [1.807, 2.05) is 6.92 Å². The number of rotatable bonds is 3. The van der Waals surface area contributed by atoms with Crippen LogP contribution >= 0.6 is 11.8 Å². The molecule has 2 unspecified atom stereocenters. The molecule has 1 rings (SSSR count). The maximum atomic E-state index is 11.0. The number of nitrogens with two attached hydrogens (primary N) is 1. The molecule has 0 aromatic rings. The SMILES string of the molecule is CC1CC(=O)NC(SCC(N)=O)N1. The summed E-state index contributed by atoms with van der Waals surface area (Å²) in [5, 5.41) is 5.83. The van der Waals surface area contributed by atoms with Crippen molar-refractivity contribution in [3.05, 3.63) is 0 Å². The number of hydrogen-bond acceptors (Lipinski definition) is 4. The van der Waals surface area contributed by atoms with Gasteiger partial charge in [0.25, 0.3) is 0 Å². The van der Waals surface area contributed by atoms with Crippen LogP contribution in [0.4, 0.5) is 0 Å². The lowest BCUT2D eigenvalue weighted by atomic mass is 10.2. The van der Waals surface area contributed by atoms with Crippen molar-refractivity contribution in [3.63, 3.8) is 0 Å². The highest BCUT2D eigenvalue weighted by Gasteiger charge is 2.22. The Kier molecular flexibility index (Phi) is 3.56. The molecule has 0 bridgehead atoms. The van der Waals surface area contributed by atoms with Crippen molar-refractivity contribution in [2.24, 2.45) is 5.73 Å². The van der Waals surface area contributed by atoms with Gasteiger partial charge in [-0.25, -0.2) is 0 Å². The molecule has 0 aromatic carbocycles. The number of primary amides is 1. The molecule has 1 saturated heterocycles. The molecule has 5 nitrogen and oxygen atoms in total. The first-order chi connectivity index (χ1) is 6.08. The standard InChI is InChI=1S/C7H13N3O2S/c1-4-2-6(12)10-7(9-4)13-3-5(8)11/h4,7,9H,2-3H2,1H3,(H2,8,11)(H,10,12). The highest BCUT2D eigenvalue weighted by Crippen LogP contribution is 2.10. The lowest BCUT2D eigenvalue weighted by Gasteiger charge is -2.28. The molecule has 0 aliphatic carbocycles. The third-order valence-corrected chi connectivity index (χ3v) is 2.65. The molecule has 1 heterocycles. The van der Waals surface area contributed by atoms with Crippen LogP contribution in [0.1, 0.15) is 13.3 Å². The number of thioether (sulfide) groups is 1. The fourth-order valence-corrected chi connectivity index (χ4v) is 1.97. The van der Waals surface area contributed by atoms with Crippen molar-refractivity contribution >= 4 is 23.6 Å². The monoisotopic (exact) mass is 203 g/mol. The van der Waals surface area contributed by atoms with E-state index in [1.54, 1.807) is 0 Å². The van der Waals surface area contributed by atoms with E-state index in [2.05, 4.69) is 10.6 Å². The van der Waals surface area contributed by atoms with Crippen molar-refractivity contribution in [2.75, 3.05) is 5.75 Å². The Balaban J connectivity index is 2.33. The number of amides is 2. The molecule has 2 amide bonds. The molecule has 0 radical (unpaired) electrons. The summed E-state index contributed by atoms with van der Waals surface area (Å²) >= 11 is 1.30. The Hall–Kier alpha value is -0.750. The third kappa shape index (κ3) is 3.65. The summed E-state index contributed by atoms with van der Waals surface area (Å²) in [4.78, 5) is 21.5.